The molecule has 0 spiro atoms. The quantitative estimate of drug-likeness (QED) is 0.937. The van der Waals surface area contributed by atoms with E-state index in [1.807, 2.05) is 24.3 Å². The fourth-order valence-electron chi connectivity index (χ4n) is 2.82. The van der Waals surface area contributed by atoms with Gasteiger partial charge in [0.15, 0.2) is 5.69 Å². The van der Waals surface area contributed by atoms with Crippen molar-refractivity contribution in [1.29, 1.82) is 0 Å². The molecule has 0 aliphatic carbocycles. The number of methoxy groups -OCH3 is 1. The third-order valence-corrected chi connectivity index (χ3v) is 3.87. The predicted molar refractivity (Wildman–Crippen MR) is 78.6 cm³/mol. The van der Waals surface area contributed by atoms with E-state index in [1.165, 1.54) is 0 Å². The second-order valence-corrected chi connectivity index (χ2v) is 5.46. The zero-order chi connectivity index (χ0) is 15.7. The number of amides is 1. The second-order valence-electron chi connectivity index (χ2n) is 5.46. The largest absolute Gasteiger partial charge is 0.497 e. The number of carbonyl (C=O) groups is 1. The van der Waals surface area contributed by atoms with Crippen LogP contribution < -0.4 is 4.74 Å². The topological polar surface area (TPSA) is 75.8 Å². The first kappa shape index (κ1) is 14.6. The van der Waals surface area contributed by atoms with Gasteiger partial charge in [0, 0.05) is 12.6 Å². The summed E-state index contributed by atoms with van der Waals surface area (Å²) in [5.74, 6) is 1.07. The first-order chi connectivity index (χ1) is 10.6. The number of hydrogen-bond acceptors (Lipinski definition) is 5. The van der Waals surface area contributed by atoms with Crippen molar-refractivity contribution >= 4 is 5.91 Å². The SMILES string of the molecule is COc1cccc([C@@H]2C[C@H](O)CN2C(=O)c2cc(C)on2)c1. The van der Waals surface area contributed by atoms with Gasteiger partial charge in [0.25, 0.3) is 5.91 Å². The van der Waals surface area contributed by atoms with Crippen molar-refractivity contribution in [3.8, 4) is 5.75 Å². The van der Waals surface area contributed by atoms with E-state index in [-0.39, 0.29) is 24.2 Å². The maximum atomic E-state index is 12.6. The van der Waals surface area contributed by atoms with Gasteiger partial charge in [-0.2, -0.15) is 0 Å². The lowest BCUT2D eigenvalue weighted by Crippen LogP contribution is -2.32. The van der Waals surface area contributed by atoms with Crippen LogP contribution in [0.3, 0.4) is 0 Å². The van der Waals surface area contributed by atoms with Crippen molar-refractivity contribution < 1.29 is 19.2 Å². The number of benzene rings is 1. The molecule has 1 saturated heterocycles. The number of hydrogen-bond donors (Lipinski definition) is 1. The Kier molecular flexibility index (Phi) is 3.85. The van der Waals surface area contributed by atoms with Gasteiger partial charge in [-0.15, -0.1) is 0 Å². The molecular weight excluding hydrogens is 284 g/mol. The summed E-state index contributed by atoms with van der Waals surface area (Å²) < 4.78 is 10.2. The number of aliphatic hydroxyl groups excluding tert-OH is 1. The van der Waals surface area contributed by atoms with E-state index in [0.29, 0.717) is 12.2 Å². The first-order valence-corrected chi connectivity index (χ1v) is 7.15. The fourth-order valence-corrected chi connectivity index (χ4v) is 2.82. The molecule has 6 nitrogen and oxygen atoms in total. The van der Waals surface area contributed by atoms with Crippen LogP contribution in [0.15, 0.2) is 34.9 Å². The number of carbonyl (C=O) groups excluding carboxylic acids is 1. The van der Waals surface area contributed by atoms with E-state index < -0.39 is 6.10 Å². The standard InChI is InChI=1S/C16H18N2O4/c1-10-6-14(17-22-10)16(20)18-9-12(19)8-15(18)11-4-3-5-13(7-11)21-2/h3-7,12,15,19H,8-9H2,1-2H3/t12-,15-/m0/s1. The molecule has 0 radical (unpaired) electrons. The Morgan fingerprint density at radius 3 is 2.95 bits per heavy atom. The van der Waals surface area contributed by atoms with Crippen molar-refractivity contribution in [1.82, 2.24) is 10.1 Å². The van der Waals surface area contributed by atoms with Crippen molar-refractivity contribution in [3.63, 3.8) is 0 Å². The number of aromatic nitrogens is 1. The molecule has 0 saturated carbocycles. The van der Waals surface area contributed by atoms with E-state index in [1.54, 1.807) is 25.0 Å². The van der Waals surface area contributed by atoms with Gasteiger partial charge in [-0.05, 0) is 31.0 Å². The van der Waals surface area contributed by atoms with Crippen LogP contribution in [-0.4, -0.2) is 40.8 Å². The summed E-state index contributed by atoms with van der Waals surface area (Å²) in [6, 6.07) is 8.95. The molecule has 1 fully saturated rings. The maximum Gasteiger partial charge on any atom is 0.276 e. The highest BCUT2D eigenvalue weighted by Gasteiger charge is 2.36. The molecular formula is C16H18N2O4. The summed E-state index contributed by atoms with van der Waals surface area (Å²) in [6.45, 7) is 2.02. The fraction of sp³-hybridized carbons (Fsp3) is 0.375. The monoisotopic (exact) mass is 302 g/mol. The van der Waals surface area contributed by atoms with Crippen LogP contribution in [0.25, 0.3) is 0 Å². The molecule has 1 amide bonds. The molecule has 2 heterocycles. The lowest BCUT2D eigenvalue weighted by atomic mass is 10.0. The minimum atomic E-state index is -0.548. The number of aliphatic hydroxyl groups is 1. The van der Waals surface area contributed by atoms with Gasteiger partial charge in [0.1, 0.15) is 11.5 Å². The summed E-state index contributed by atoms with van der Waals surface area (Å²) in [5, 5.41) is 13.8. The molecule has 22 heavy (non-hydrogen) atoms. The third-order valence-electron chi connectivity index (χ3n) is 3.87. The number of aryl methyl sites for hydroxylation is 1. The van der Waals surface area contributed by atoms with Crippen molar-refractivity contribution in [3.05, 3.63) is 47.3 Å². The van der Waals surface area contributed by atoms with E-state index in [2.05, 4.69) is 5.16 Å². The maximum absolute atomic E-state index is 12.6. The Morgan fingerprint density at radius 1 is 1.45 bits per heavy atom. The molecule has 116 valence electrons. The van der Waals surface area contributed by atoms with Crippen LogP contribution in [0.4, 0.5) is 0 Å². The Morgan fingerprint density at radius 2 is 2.27 bits per heavy atom. The normalized spacial score (nSPS) is 21.1. The Balaban J connectivity index is 1.90. The summed E-state index contributed by atoms with van der Waals surface area (Å²) in [5.41, 5.74) is 1.20. The molecule has 0 unspecified atom stereocenters. The molecule has 3 rings (SSSR count). The summed E-state index contributed by atoms with van der Waals surface area (Å²) in [4.78, 5) is 14.2. The van der Waals surface area contributed by atoms with Crippen LogP contribution in [0.1, 0.15) is 34.3 Å². The number of ether oxygens (including phenoxy) is 1. The van der Waals surface area contributed by atoms with Crippen LogP contribution in [0.2, 0.25) is 0 Å². The highest BCUT2D eigenvalue weighted by molar-refractivity contribution is 5.92. The van der Waals surface area contributed by atoms with Gasteiger partial charge in [-0.25, -0.2) is 0 Å². The van der Waals surface area contributed by atoms with E-state index in [0.717, 1.165) is 11.3 Å². The van der Waals surface area contributed by atoms with Crippen LogP contribution in [-0.2, 0) is 0 Å². The van der Waals surface area contributed by atoms with Crippen LogP contribution in [0, 0.1) is 6.92 Å². The second kappa shape index (κ2) is 5.81. The lowest BCUT2D eigenvalue weighted by Gasteiger charge is -2.24. The zero-order valence-electron chi connectivity index (χ0n) is 12.5. The molecule has 6 heteroatoms. The Labute approximate surface area is 128 Å². The number of nitrogens with zero attached hydrogens (tertiary/aromatic N) is 2. The zero-order valence-corrected chi connectivity index (χ0v) is 12.5. The molecule has 1 N–H and O–H groups in total. The average Bonchev–Trinajstić information content (AvgIpc) is 3.12. The van der Waals surface area contributed by atoms with Gasteiger partial charge >= 0.3 is 0 Å². The van der Waals surface area contributed by atoms with Crippen molar-refractivity contribution in [2.75, 3.05) is 13.7 Å². The number of β-amino-alcohol motifs (C(OH)–C–C–N with tert-alkyl or cyclic N) is 1. The highest BCUT2D eigenvalue weighted by atomic mass is 16.5. The Bertz CT molecular complexity index is 682. The minimum absolute atomic E-state index is 0.199. The Hall–Kier alpha value is -2.34. The smallest absolute Gasteiger partial charge is 0.276 e. The molecule has 2 atom stereocenters. The highest BCUT2D eigenvalue weighted by Crippen LogP contribution is 2.34. The minimum Gasteiger partial charge on any atom is -0.497 e. The molecule has 1 aromatic carbocycles. The van der Waals surface area contributed by atoms with Crippen LogP contribution >= 0.6 is 0 Å². The van der Waals surface area contributed by atoms with Crippen molar-refractivity contribution in [2.45, 2.75) is 25.5 Å². The molecule has 1 aliphatic heterocycles. The van der Waals surface area contributed by atoms with E-state index >= 15 is 0 Å². The molecule has 1 aliphatic rings. The van der Waals surface area contributed by atoms with Crippen molar-refractivity contribution in [2.24, 2.45) is 0 Å². The van der Waals surface area contributed by atoms with Gasteiger partial charge in [0.2, 0.25) is 0 Å². The predicted octanol–water partition coefficient (Wildman–Crippen LogP) is 1.94. The third kappa shape index (κ3) is 2.69. The molecule has 2 aromatic rings. The molecule has 0 bridgehead atoms. The van der Waals surface area contributed by atoms with Gasteiger partial charge in [-0.3, -0.25) is 4.79 Å². The summed E-state index contributed by atoms with van der Waals surface area (Å²) in [6.07, 6.45) is -0.0522. The van der Waals surface area contributed by atoms with Gasteiger partial charge in [-0.1, -0.05) is 17.3 Å². The average molecular weight is 302 g/mol. The van der Waals surface area contributed by atoms with Gasteiger partial charge in [0.05, 0.1) is 19.3 Å². The summed E-state index contributed by atoms with van der Waals surface area (Å²) >= 11 is 0. The van der Waals surface area contributed by atoms with E-state index in [9.17, 15) is 9.90 Å². The lowest BCUT2D eigenvalue weighted by molar-refractivity contribution is 0.0705. The first-order valence-electron chi connectivity index (χ1n) is 7.15. The summed E-state index contributed by atoms with van der Waals surface area (Å²) in [7, 11) is 1.60. The number of likely N-dealkylation sites (tertiary alicyclic amines) is 1. The van der Waals surface area contributed by atoms with E-state index in [4.69, 9.17) is 9.26 Å². The van der Waals surface area contributed by atoms with Gasteiger partial charge < -0.3 is 19.3 Å². The van der Waals surface area contributed by atoms with Crippen LogP contribution in [0.5, 0.6) is 5.75 Å². The molecule has 1 aromatic heterocycles. The number of rotatable bonds is 3.